The zero-order chi connectivity index (χ0) is 25.4. The van der Waals surface area contributed by atoms with Crippen LogP contribution in [0.5, 0.6) is 5.75 Å². The number of allylic oxidation sites excluding steroid dienone is 2. The molecular weight excluding hydrogens is 491 g/mol. The fraction of sp³-hybridized carbons (Fsp3) is 0.308. The summed E-state index contributed by atoms with van der Waals surface area (Å²) in [5.41, 5.74) is 0.396. The third-order valence-corrected chi connectivity index (χ3v) is 7.30. The van der Waals surface area contributed by atoms with Crippen molar-refractivity contribution in [1.29, 1.82) is 0 Å². The molecule has 1 saturated heterocycles. The molecule has 35 heavy (non-hydrogen) atoms. The monoisotopic (exact) mass is 514 g/mol. The Morgan fingerprint density at radius 1 is 1.03 bits per heavy atom. The summed E-state index contributed by atoms with van der Waals surface area (Å²) < 4.78 is 5.14. The Kier molecular flexibility index (Phi) is 7.01. The molecule has 0 saturated carbocycles. The first kappa shape index (κ1) is 24.9. The molecular formula is C26H24Cl2N2O5. The standard InChI is InChI=1S/C26H24Cl2N2O5/c1-14-5-4-6-19-22(14)26(34)30(25(19)33)29(24(32)17-9-12-20(27)21(28)13-17)15(2)23(31)16-7-10-18(35-3)11-8-16/h4-5,7-15,19,22H,6H2,1-3H3/t14-,15-,19+,22-/m0/s1. The van der Waals surface area contributed by atoms with Crippen molar-refractivity contribution in [3.05, 3.63) is 75.8 Å². The van der Waals surface area contributed by atoms with E-state index in [-0.39, 0.29) is 21.5 Å². The van der Waals surface area contributed by atoms with Crippen molar-refractivity contribution in [2.75, 3.05) is 7.11 Å². The number of amides is 3. The molecule has 7 nitrogen and oxygen atoms in total. The van der Waals surface area contributed by atoms with E-state index < -0.39 is 41.4 Å². The van der Waals surface area contributed by atoms with E-state index in [1.807, 2.05) is 19.1 Å². The van der Waals surface area contributed by atoms with E-state index in [0.29, 0.717) is 17.7 Å². The highest BCUT2D eigenvalue weighted by Gasteiger charge is 2.54. The lowest BCUT2D eigenvalue weighted by Gasteiger charge is -2.35. The average Bonchev–Trinajstić information content (AvgIpc) is 3.11. The van der Waals surface area contributed by atoms with E-state index in [1.165, 1.54) is 32.2 Å². The number of ether oxygens (including phenoxy) is 1. The maximum Gasteiger partial charge on any atom is 0.273 e. The Morgan fingerprint density at radius 2 is 1.69 bits per heavy atom. The third-order valence-electron chi connectivity index (χ3n) is 6.56. The van der Waals surface area contributed by atoms with Gasteiger partial charge in [-0.3, -0.25) is 19.2 Å². The molecule has 0 spiro atoms. The molecule has 0 N–H and O–H groups in total. The summed E-state index contributed by atoms with van der Waals surface area (Å²) in [6.45, 7) is 3.35. The van der Waals surface area contributed by atoms with Crippen LogP contribution in [-0.4, -0.2) is 46.7 Å². The summed E-state index contributed by atoms with van der Waals surface area (Å²) in [5.74, 6) is -2.95. The van der Waals surface area contributed by atoms with Gasteiger partial charge in [0, 0.05) is 11.1 Å². The molecule has 3 amide bonds. The van der Waals surface area contributed by atoms with E-state index in [0.717, 1.165) is 10.0 Å². The summed E-state index contributed by atoms with van der Waals surface area (Å²) in [6, 6.07) is 9.46. The van der Waals surface area contributed by atoms with E-state index in [4.69, 9.17) is 27.9 Å². The first-order chi connectivity index (χ1) is 16.6. The van der Waals surface area contributed by atoms with Gasteiger partial charge in [-0.05, 0) is 61.7 Å². The van der Waals surface area contributed by atoms with Crippen LogP contribution in [0.4, 0.5) is 0 Å². The number of nitrogens with zero attached hydrogens (tertiary/aromatic N) is 2. The number of rotatable bonds is 6. The first-order valence-electron chi connectivity index (χ1n) is 11.2. The Labute approximate surface area is 213 Å². The van der Waals surface area contributed by atoms with Gasteiger partial charge in [-0.1, -0.05) is 42.3 Å². The predicted molar refractivity (Wildman–Crippen MR) is 131 cm³/mol. The van der Waals surface area contributed by atoms with Crippen LogP contribution in [-0.2, 0) is 9.59 Å². The van der Waals surface area contributed by atoms with Crippen molar-refractivity contribution >= 4 is 46.7 Å². The smallest absolute Gasteiger partial charge is 0.273 e. The van der Waals surface area contributed by atoms with Gasteiger partial charge < -0.3 is 4.74 Å². The molecule has 4 atom stereocenters. The Morgan fingerprint density at radius 3 is 2.29 bits per heavy atom. The summed E-state index contributed by atoms with van der Waals surface area (Å²) >= 11 is 12.1. The van der Waals surface area contributed by atoms with Gasteiger partial charge in [0.15, 0.2) is 5.78 Å². The van der Waals surface area contributed by atoms with Crippen LogP contribution in [0.2, 0.25) is 10.0 Å². The fourth-order valence-corrected chi connectivity index (χ4v) is 4.95. The van der Waals surface area contributed by atoms with Crippen molar-refractivity contribution in [1.82, 2.24) is 10.0 Å². The predicted octanol–water partition coefficient (Wildman–Crippen LogP) is 4.83. The Balaban J connectivity index is 1.76. The van der Waals surface area contributed by atoms with Gasteiger partial charge in [-0.25, -0.2) is 5.01 Å². The quantitative estimate of drug-likeness (QED) is 0.313. The number of carbonyl (C=O) groups excluding carboxylic acids is 4. The number of benzene rings is 2. The van der Waals surface area contributed by atoms with E-state index >= 15 is 0 Å². The largest absolute Gasteiger partial charge is 0.497 e. The number of methoxy groups -OCH3 is 1. The fourth-order valence-electron chi connectivity index (χ4n) is 4.65. The number of ketones is 1. The highest BCUT2D eigenvalue weighted by molar-refractivity contribution is 6.42. The maximum absolute atomic E-state index is 13.7. The molecule has 4 rings (SSSR count). The highest BCUT2D eigenvalue weighted by Crippen LogP contribution is 2.40. The van der Waals surface area contributed by atoms with Gasteiger partial charge in [0.1, 0.15) is 11.8 Å². The van der Waals surface area contributed by atoms with Crippen molar-refractivity contribution in [2.24, 2.45) is 17.8 Å². The van der Waals surface area contributed by atoms with Crippen LogP contribution in [0.3, 0.4) is 0 Å². The topological polar surface area (TPSA) is 84.0 Å². The number of Topliss-reactive ketones (excluding diaryl/α,β-unsaturated/α-hetero) is 1. The molecule has 0 bridgehead atoms. The number of halogens is 2. The minimum Gasteiger partial charge on any atom is -0.497 e. The zero-order valence-electron chi connectivity index (χ0n) is 19.4. The van der Waals surface area contributed by atoms with E-state index in [9.17, 15) is 19.2 Å². The van der Waals surface area contributed by atoms with Gasteiger partial charge in [-0.2, -0.15) is 5.01 Å². The molecule has 2 aromatic rings. The molecule has 0 aromatic heterocycles. The van der Waals surface area contributed by atoms with Crippen LogP contribution in [0.1, 0.15) is 41.0 Å². The minimum absolute atomic E-state index is 0.0930. The number of hydrogen-bond acceptors (Lipinski definition) is 5. The number of fused-ring (bicyclic) bond motifs is 1. The normalized spacial score (nSPS) is 22.1. The van der Waals surface area contributed by atoms with Crippen molar-refractivity contribution in [2.45, 2.75) is 26.3 Å². The number of imide groups is 1. The summed E-state index contributed by atoms with van der Waals surface area (Å²) in [5, 5.41) is 2.20. The second kappa shape index (κ2) is 9.84. The molecule has 182 valence electrons. The van der Waals surface area contributed by atoms with Gasteiger partial charge in [0.2, 0.25) is 0 Å². The van der Waals surface area contributed by atoms with Gasteiger partial charge in [0.05, 0.1) is 29.0 Å². The van der Waals surface area contributed by atoms with Crippen LogP contribution >= 0.6 is 23.2 Å². The Bertz CT molecular complexity index is 1230. The molecule has 1 aliphatic heterocycles. The van der Waals surface area contributed by atoms with E-state index in [2.05, 4.69) is 0 Å². The molecule has 1 heterocycles. The van der Waals surface area contributed by atoms with Crippen molar-refractivity contribution in [3.8, 4) is 5.75 Å². The molecule has 2 aliphatic rings. The second-order valence-corrected chi connectivity index (χ2v) is 9.51. The first-order valence-corrected chi connectivity index (χ1v) is 11.9. The minimum atomic E-state index is -1.17. The molecule has 1 aliphatic carbocycles. The lowest BCUT2D eigenvalue weighted by Crippen LogP contribution is -2.56. The van der Waals surface area contributed by atoms with Crippen molar-refractivity contribution < 1.29 is 23.9 Å². The Hall–Kier alpha value is -3.16. The number of carbonyl (C=O) groups is 4. The molecule has 0 radical (unpaired) electrons. The maximum atomic E-state index is 13.7. The summed E-state index contributed by atoms with van der Waals surface area (Å²) in [4.78, 5) is 54.1. The zero-order valence-corrected chi connectivity index (χ0v) is 20.9. The number of hydrazine groups is 1. The molecule has 2 aromatic carbocycles. The summed E-state index contributed by atoms with van der Waals surface area (Å²) in [7, 11) is 1.51. The van der Waals surface area contributed by atoms with Crippen molar-refractivity contribution in [3.63, 3.8) is 0 Å². The second-order valence-electron chi connectivity index (χ2n) is 8.69. The molecule has 1 fully saturated rings. The summed E-state index contributed by atoms with van der Waals surface area (Å²) in [6.07, 6.45) is 4.16. The molecule has 0 unspecified atom stereocenters. The molecule has 9 heteroatoms. The lowest BCUT2D eigenvalue weighted by atomic mass is 9.78. The van der Waals surface area contributed by atoms with Crippen LogP contribution in [0.25, 0.3) is 0 Å². The van der Waals surface area contributed by atoms with Gasteiger partial charge in [-0.15, -0.1) is 0 Å². The van der Waals surface area contributed by atoms with Gasteiger partial charge in [0.25, 0.3) is 17.7 Å². The van der Waals surface area contributed by atoms with Crippen LogP contribution < -0.4 is 4.74 Å². The van der Waals surface area contributed by atoms with Crippen LogP contribution in [0.15, 0.2) is 54.6 Å². The van der Waals surface area contributed by atoms with Gasteiger partial charge >= 0.3 is 0 Å². The average molecular weight is 515 g/mol. The van der Waals surface area contributed by atoms with Crippen LogP contribution in [0, 0.1) is 17.8 Å². The van der Waals surface area contributed by atoms with E-state index in [1.54, 1.807) is 24.3 Å². The number of hydrogen-bond donors (Lipinski definition) is 0. The highest BCUT2D eigenvalue weighted by atomic mass is 35.5. The third kappa shape index (κ3) is 4.46. The SMILES string of the molecule is COc1ccc(C(=O)[C@H](C)N(C(=O)c2ccc(Cl)c(Cl)c2)N2C(=O)[C@H]3[C@@H](C)C=CC[C@H]3C2=O)cc1. The lowest BCUT2D eigenvalue weighted by molar-refractivity contribution is -0.156.